The highest BCUT2D eigenvalue weighted by Gasteiger charge is 2.26. The zero-order chi connectivity index (χ0) is 17.9. The molecule has 0 aromatic carbocycles. The Labute approximate surface area is 139 Å². The molecule has 2 amide bonds. The summed E-state index contributed by atoms with van der Waals surface area (Å²) in [5.41, 5.74) is 0. The van der Waals surface area contributed by atoms with Crippen molar-refractivity contribution >= 4 is 23.8 Å². The molecule has 0 aromatic heterocycles. The van der Waals surface area contributed by atoms with Gasteiger partial charge in [-0.15, -0.1) is 0 Å². The van der Waals surface area contributed by atoms with E-state index in [-0.39, 0.29) is 11.8 Å². The maximum Gasteiger partial charge on any atom is 0.326 e. The second-order valence-corrected chi connectivity index (χ2v) is 5.49. The lowest BCUT2D eigenvalue weighted by Gasteiger charge is -2.11. The van der Waals surface area contributed by atoms with Gasteiger partial charge in [0.2, 0.25) is 11.8 Å². The van der Waals surface area contributed by atoms with Crippen molar-refractivity contribution in [2.45, 2.75) is 37.8 Å². The lowest BCUT2D eigenvalue weighted by molar-refractivity contribution is -0.140. The van der Waals surface area contributed by atoms with Gasteiger partial charge in [0.1, 0.15) is 12.1 Å². The number of nitrogens with one attached hydrogen (secondary N) is 4. The molecule has 10 heteroatoms. The lowest BCUT2D eigenvalue weighted by atomic mass is 10.2. The summed E-state index contributed by atoms with van der Waals surface area (Å²) in [4.78, 5) is 41.0. The Bertz CT molecular complexity index is 419. The molecule has 0 aliphatic carbocycles. The highest BCUT2D eigenvalue weighted by molar-refractivity contribution is 5.87. The smallest absolute Gasteiger partial charge is 0.326 e. The molecule has 0 unspecified atom stereocenters. The van der Waals surface area contributed by atoms with E-state index < -0.39 is 24.0 Å². The quantitative estimate of drug-likeness (QED) is 0.332. The first-order chi connectivity index (χ1) is 11.4. The van der Waals surface area contributed by atoms with Gasteiger partial charge in [0.25, 0.3) is 0 Å². The summed E-state index contributed by atoms with van der Waals surface area (Å²) in [6.07, 6.45) is 1.54. The number of aliphatic carboxylic acids is 2. The zero-order valence-electron chi connectivity index (χ0n) is 13.3. The molecule has 3 fully saturated rings. The van der Waals surface area contributed by atoms with Gasteiger partial charge in [0.15, 0.2) is 0 Å². The topological polar surface area (TPSA) is 157 Å². The molecular weight excluding hydrogens is 320 g/mol. The van der Waals surface area contributed by atoms with Gasteiger partial charge < -0.3 is 31.5 Å². The number of rotatable bonds is 2. The van der Waals surface area contributed by atoms with Crippen molar-refractivity contribution in [1.82, 2.24) is 21.3 Å². The summed E-state index contributed by atoms with van der Waals surface area (Å²) in [6, 6.07) is -1.28. The van der Waals surface area contributed by atoms with Crippen LogP contribution in [0.25, 0.3) is 0 Å². The largest absolute Gasteiger partial charge is 0.480 e. The SMILES string of the molecule is C1CNCCN1.O=C1CC[C@@H](C(=O)O)N1.O=C1CC[C@@H](C(=O)O)N1. The second kappa shape index (κ2) is 10.6. The van der Waals surface area contributed by atoms with Gasteiger partial charge in [-0.25, -0.2) is 9.59 Å². The molecule has 0 saturated carbocycles. The molecule has 0 spiro atoms. The number of carboxylic acids is 2. The zero-order valence-corrected chi connectivity index (χ0v) is 13.3. The molecule has 0 radical (unpaired) electrons. The molecule has 24 heavy (non-hydrogen) atoms. The van der Waals surface area contributed by atoms with E-state index >= 15 is 0 Å². The minimum absolute atomic E-state index is 0.164. The van der Waals surface area contributed by atoms with Crippen molar-refractivity contribution in [1.29, 1.82) is 0 Å². The highest BCUT2D eigenvalue weighted by Crippen LogP contribution is 2.05. The van der Waals surface area contributed by atoms with Crippen molar-refractivity contribution in [3.05, 3.63) is 0 Å². The first kappa shape index (κ1) is 19.8. The van der Waals surface area contributed by atoms with Crippen LogP contribution in [0.4, 0.5) is 0 Å². The Morgan fingerprint density at radius 3 is 1.21 bits per heavy atom. The van der Waals surface area contributed by atoms with Crippen LogP contribution in [0.2, 0.25) is 0 Å². The molecule has 2 atom stereocenters. The van der Waals surface area contributed by atoms with Crippen LogP contribution in [0.3, 0.4) is 0 Å². The van der Waals surface area contributed by atoms with Crippen molar-refractivity contribution < 1.29 is 29.4 Å². The summed E-state index contributed by atoms with van der Waals surface area (Å²) < 4.78 is 0. The van der Waals surface area contributed by atoms with Gasteiger partial charge in [-0.3, -0.25) is 9.59 Å². The van der Waals surface area contributed by atoms with Crippen molar-refractivity contribution in [3.8, 4) is 0 Å². The van der Waals surface area contributed by atoms with Crippen LogP contribution >= 0.6 is 0 Å². The molecule has 0 bridgehead atoms. The summed E-state index contributed by atoms with van der Waals surface area (Å²) in [5.74, 6) is -2.22. The maximum absolute atomic E-state index is 10.4. The van der Waals surface area contributed by atoms with E-state index in [1.807, 2.05) is 0 Å². The fourth-order valence-corrected chi connectivity index (χ4v) is 2.20. The van der Waals surface area contributed by atoms with E-state index in [0.717, 1.165) is 26.2 Å². The summed E-state index contributed by atoms with van der Waals surface area (Å²) in [6.45, 7) is 4.56. The molecule has 6 N–H and O–H groups in total. The van der Waals surface area contributed by atoms with Gasteiger partial charge in [-0.05, 0) is 12.8 Å². The number of hydrogen-bond acceptors (Lipinski definition) is 6. The van der Waals surface area contributed by atoms with E-state index in [9.17, 15) is 19.2 Å². The third-order valence-electron chi connectivity index (χ3n) is 3.54. The highest BCUT2D eigenvalue weighted by atomic mass is 16.4. The minimum Gasteiger partial charge on any atom is -0.480 e. The summed E-state index contributed by atoms with van der Waals surface area (Å²) >= 11 is 0. The average Bonchev–Trinajstić information content (AvgIpc) is 3.19. The number of hydrogen-bond donors (Lipinski definition) is 6. The van der Waals surface area contributed by atoms with E-state index in [1.54, 1.807) is 0 Å². The maximum atomic E-state index is 10.4. The molecule has 0 aromatic rings. The van der Waals surface area contributed by atoms with Crippen LogP contribution in [0.15, 0.2) is 0 Å². The fourth-order valence-electron chi connectivity index (χ4n) is 2.20. The van der Waals surface area contributed by atoms with E-state index in [0.29, 0.717) is 25.7 Å². The van der Waals surface area contributed by atoms with Crippen molar-refractivity contribution in [2.75, 3.05) is 26.2 Å². The Morgan fingerprint density at radius 2 is 1.08 bits per heavy atom. The predicted octanol–water partition coefficient (Wildman–Crippen LogP) is -2.12. The third kappa shape index (κ3) is 7.88. The van der Waals surface area contributed by atoms with Gasteiger partial charge in [-0.2, -0.15) is 0 Å². The Kier molecular flexibility index (Phi) is 8.72. The van der Waals surface area contributed by atoms with Gasteiger partial charge in [-0.1, -0.05) is 0 Å². The number of carboxylic acid groups (broad SMARTS) is 2. The predicted molar refractivity (Wildman–Crippen MR) is 83.3 cm³/mol. The molecular formula is C14H24N4O6. The molecule has 3 aliphatic heterocycles. The van der Waals surface area contributed by atoms with Gasteiger partial charge >= 0.3 is 11.9 Å². The van der Waals surface area contributed by atoms with E-state index in [1.165, 1.54) is 0 Å². The van der Waals surface area contributed by atoms with E-state index in [4.69, 9.17) is 10.2 Å². The van der Waals surface area contributed by atoms with Crippen molar-refractivity contribution in [3.63, 3.8) is 0 Å². The van der Waals surface area contributed by atoms with Crippen LogP contribution < -0.4 is 21.3 Å². The molecule has 3 heterocycles. The summed E-state index contributed by atoms with van der Waals surface area (Å²) in [5, 5.41) is 27.7. The van der Waals surface area contributed by atoms with Crippen LogP contribution in [-0.4, -0.2) is 72.2 Å². The number of amides is 2. The Hall–Kier alpha value is -2.20. The lowest BCUT2D eigenvalue weighted by Crippen LogP contribution is -2.39. The Balaban J connectivity index is 0.000000184. The van der Waals surface area contributed by atoms with Gasteiger partial charge in [0, 0.05) is 39.0 Å². The van der Waals surface area contributed by atoms with E-state index in [2.05, 4.69) is 21.3 Å². The standard InChI is InChI=1S/2C5H7NO3.C4H10N2/c2*7-4-2-1-3(6-4)5(8)9;1-2-6-4-3-5-1/h2*3H,1-2H2,(H,6,7)(H,8,9);5-6H,1-4H2/t2*3-;/m00./s1. The molecule has 3 saturated heterocycles. The number of piperazine rings is 1. The Morgan fingerprint density at radius 1 is 0.750 bits per heavy atom. The first-order valence-electron chi connectivity index (χ1n) is 7.86. The molecule has 3 aliphatic rings. The van der Waals surface area contributed by atoms with Crippen molar-refractivity contribution in [2.24, 2.45) is 0 Å². The number of carbonyl (C=O) groups excluding carboxylic acids is 2. The molecule has 10 nitrogen and oxygen atoms in total. The monoisotopic (exact) mass is 344 g/mol. The summed E-state index contributed by atoms with van der Waals surface area (Å²) in [7, 11) is 0. The average molecular weight is 344 g/mol. The normalized spacial score (nSPS) is 25.3. The van der Waals surface area contributed by atoms with Crippen LogP contribution in [0, 0.1) is 0 Å². The minimum atomic E-state index is -0.944. The van der Waals surface area contributed by atoms with Crippen LogP contribution in [-0.2, 0) is 19.2 Å². The third-order valence-corrected chi connectivity index (χ3v) is 3.54. The number of carbonyl (C=O) groups is 4. The second-order valence-electron chi connectivity index (χ2n) is 5.49. The molecule has 136 valence electrons. The van der Waals surface area contributed by atoms with Crippen LogP contribution in [0.1, 0.15) is 25.7 Å². The fraction of sp³-hybridized carbons (Fsp3) is 0.714. The first-order valence-corrected chi connectivity index (χ1v) is 7.86. The van der Waals surface area contributed by atoms with Gasteiger partial charge in [0.05, 0.1) is 0 Å². The van der Waals surface area contributed by atoms with Crippen LogP contribution in [0.5, 0.6) is 0 Å². The molecule has 3 rings (SSSR count).